The molecule has 1 amide bonds. The average Bonchev–Trinajstić information content (AvgIpc) is 3.30. The molecule has 0 saturated heterocycles. The number of carbonyl (C=O) groups excluding carboxylic acids is 1. The van der Waals surface area contributed by atoms with Crippen LogP contribution in [0.15, 0.2) is 54.6 Å². The monoisotopic (exact) mass is 410 g/mol. The summed E-state index contributed by atoms with van der Waals surface area (Å²) in [7, 11) is 0. The molecule has 4 rings (SSSR count). The zero-order valence-electron chi connectivity index (χ0n) is 15.4. The first kappa shape index (κ1) is 18.7. The van der Waals surface area contributed by atoms with E-state index in [1.807, 2.05) is 68.4 Å². The van der Waals surface area contributed by atoms with Crippen molar-refractivity contribution in [3.63, 3.8) is 0 Å². The topological polar surface area (TPSA) is 70.7 Å². The van der Waals surface area contributed by atoms with Gasteiger partial charge in [0.1, 0.15) is 17.6 Å². The van der Waals surface area contributed by atoms with Gasteiger partial charge in [-0.15, -0.1) is 11.3 Å². The first-order chi connectivity index (χ1) is 13.5. The van der Waals surface area contributed by atoms with Crippen LogP contribution in [0, 0.1) is 0 Å². The molecule has 4 aromatic rings. The van der Waals surface area contributed by atoms with Gasteiger partial charge in [0, 0.05) is 4.88 Å². The van der Waals surface area contributed by atoms with Crippen LogP contribution in [0.25, 0.3) is 11.0 Å². The van der Waals surface area contributed by atoms with Gasteiger partial charge in [-0.05, 0) is 23.6 Å². The highest BCUT2D eigenvalue weighted by Gasteiger charge is 2.25. The summed E-state index contributed by atoms with van der Waals surface area (Å²) in [5, 5.41) is 3.09. The normalized spacial score (nSPS) is 12.4. The van der Waals surface area contributed by atoms with E-state index < -0.39 is 6.04 Å². The van der Waals surface area contributed by atoms with Gasteiger partial charge in [-0.25, -0.2) is 9.97 Å². The van der Waals surface area contributed by atoms with Gasteiger partial charge in [0.2, 0.25) is 0 Å². The lowest BCUT2D eigenvalue weighted by Gasteiger charge is -2.17. The molecular formula is C21H19ClN4OS. The molecule has 28 heavy (non-hydrogen) atoms. The molecule has 0 saturated carbocycles. The third-order valence-corrected chi connectivity index (χ3v) is 5.92. The standard InChI is InChI=1S/C21H19ClN4OS/c1-12(2)18-17(26-21(22)28-18)20(27)25-16(13-8-4-3-5-9-13)19-23-14-10-6-7-11-15(14)24-19/h3-12,16H,1-2H3,(H,23,24)(H,25,27). The first-order valence-corrected chi connectivity index (χ1v) is 10.2. The van der Waals surface area contributed by atoms with Crippen LogP contribution in [0.1, 0.15) is 52.6 Å². The fourth-order valence-corrected chi connectivity index (χ4v) is 4.25. The highest BCUT2D eigenvalue weighted by molar-refractivity contribution is 7.16. The number of hydrogen-bond acceptors (Lipinski definition) is 4. The molecule has 2 aromatic carbocycles. The zero-order valence-corrected chi connectivity index (χ0v) is 17.0. The van der Waals surface area contributed by atoms with E-state index in [1.165, 1.54) is 11.3 Å². The second-order valence-electron chi connectivity index (χ2n) is 6.79. The van der Waals surface area contributed by atoms with Crippen molar-refractivity contribution in [2.75, 3.05) is 0 Å². The fraction of sp³-hybridized carbons (Fsp3) is 0.190. The molecule has 0 aliphatic rings. The second kappa shape index (κ2) is 7.73. The fourth-order valence-electron chi connectivity index (χ4n) is 3.12. The largest absolute Gasteiger partial charge is 0.340 e. The number of thiazole rings is 1. The molecule has 1 unspecified atom stereocenters. The quantitative estimate of drug-likeness (QED) is 0.468. The summed E-state index contributed by atoms with van der Waals surface area (Å²) in [4.78, 5) is 26.2. The van der Waals surface area contributed by atoms with Crippen LogP contribution in [0.5, 0.6) is 0 Å². The smallest absolute Gasteiger partial charge is 0.271 e. The van der Waals surface area contributed by atoms with E-state index in [9.17, 15) is 4.79 Å². The van der Waals surface area contributed by atoms with E-state index in [1.54, 1.807) is 0 Å². The minimum atomic E-state index is -0.429. The van der Waals surface area contributed by atoms with Gasteiger partial charge in [-0.2, -0.15) is 0 Å². The molecule has 2 aromatic heterocycles. The molecule has 2 heterocycles. The van der Waals surface area contributed by atoms with Crippen LogP contribution in [-0.2, 0) is 0 Å². The van der Waals surface area contributed by atoms with Gasteiger partial charge in [-0.3, -0.25) is 4.79 Å². The summed E-state index contributed by atoms with van der Waals surface area (Å²) in [6.07, 6.45) is 0. The summed E-state index contributed by atoms with van der Waals surface area (Å²) in [5.41, 5.74) is 3.09. The van der Waals surface area contributed by atoms with Crippen LogP contribution < -0.4 is 5.32 Å². The summed E-state index contributed by atoms with van der Waals surface area (Å²) in [5.74, 6) is 0.571. The van der Waals surface area contributed by atoms with E-state index in [2.05, 4.69) is 20.3 Å². The number of para-hydroxylation sites is 2. The maximum Gasteiger partial charge on any atom is 0.271 e. The molecule has 0 aliphatic heterocycles. The van der Waals surface area contributed by atoms with Crippen molar-refractivity contribution in [1.29, 1.82) is 0 Å². The molecule has 0 radical (unpaired) electrons. The van der Waals surface area contributed by atoms with Crippen LogP contribution in [0.4, 0.5) is 0 Å². The minimum absolute atomic E-state index is 0.159. The van der Waals surface area contributed by atoms with Gasteiger partial charge >= 0.3 is 0 Å². The number of fused-ring (bicyclic) bond motifs is 1. The molecule has 0 fully saturated rings. The Balaban J connectivity index is 1.73. The van der Waals surface area contributed by atoms with Crippen molar-refractivity contribution in [2.45, 2.75) is 25.8 Å². The molecule has 2 N–H and O–H groups in total. The second-order valence-corrected chi connectivity index (χ2v) is 8.40. The van der Waals surface area contributed by atoms with Gasteiger partial charge in [0.05, 0.1) is 11.0 Å². The van der Waals surface area contributed by atoms with Crippen molar-refractivity contribution >= 4 is 39.9 Å². The number of benzene rings is 2. The number of nitrogens with one attached hydrogen (secondary N) is 2. The molecule has 7 heteroatoms. The summed E-state index contributed by atoms with van der Waals surface area (Å²) >= 11 is 7.43. The van der Waals surface area contributed by atoms with Crippen molar-refractivity contribution in [3.8, 4) is 0 Å². The Morgan fingerprint density at radius 3 is 2.50 bits per heavy atom. The maximum atomic E-state index is 13.1. The predicted octanol–water partition coefficient (Wildman–Crippen LogP) is 5.32. The zero-order chi connectivity index (χ0) is 19.7. The lowest BCUT2D eigenvalue weighted by atomic mass is 10.1. The van der Waals surface area contributed by atoms with Gasteiger partial charge in [-0.1, -0.05) is 67.9 Å². The van der Waals surface area contributed by atoms with Crippen LogP contribution in [-0.4, -0.2) is 20.9 Å². The highest BCUT2D eigenvalue weighted by atomic mass is 35.5. The third-order valence-electron chi connectivity index (χ3n) is 4.46. The van der Waals surface area contributed by atoms with E-state index in [4.69, 9.17) is 11.6 Å². The number of aromatic nitrogens is 3. The lowest BCUT2D eigenvalue weighted by molar-refractivity contribution is 0.0936. The lowest BCUT2D eigenvalue weighted by Crippen LogP contribution is -2.31. The van der Waals surface area contributed by atoms with Crippen LogP contribution >= 0.6 is 22.9 Å². The van der Waals surface area contributed by atoms with Crippen molar-refractivity contribution < 1.29 is 4.79 Å². The average molecular weight is 411 g/mol. The summed E-state index contributed by atoms with van der Waals surface area (Å²) in [6.45, 7) is 4.04. The number of aromatic amines is 1. The number of amides is 1. The number of rotatable bonds is 5. The van der Waals surface area contributed by atoms with Crippen LogP contribution in [0.2, 0.25) is 4.47 Å². The highest BCUT2D eigenvalue weighted by Crippen LogP contribution is 2.30. The SMILES string of the molecule is CC(C)c1sc(Cl)nc1C(=O)NC(c1ccccc1)c1nc2ccccc2[nH]1. The Bertz CT molecular complexity index is 1090. The number of halogens is 1. The number of imidazole rings is 1. The van der Waals surface area contributed by atoms with Crippen LogP contribution in [0.3, 0.4) is 0 Å². The summed E-state index contributed by atoms with van der Waals surface area (Å²) < 4.78 is 0.369. The molecule has 0 spiro atoms. The Hall–Kier alpha value is -2.70. The molecule has 5 nitrogen and oxygen atoms in total. The Labute approximate surface area is 171 Å². The third kappa shape index (κ3) is 3.66. The molecular weight excluding hydrogens is 392 g/mol. The van der Waals surface area contributed by atoms with E-state index >= 15 is 0 Å². The first-order valence-electron chi connectivity index (χ1n) is 8.99. The van der Waals surface area contributed by atoms with Gasteiger partial charge in [0.15, 0.2) is 4.47 Å². The number of nitrogens with zero attached hydrogens (tertiary/aromatic N) is 2. The molecule has 0 bridgehead atoms. The van der Waals surface area contributed by atoms with Crippen molar-refractivity contribution in [2.24, 2.45) is 0 Å². The Morgan fingerprint density at radius 2 is 1.79 bits per heavy atom. The van der Waals surface area contributed by atoms with Crippen molar-refractivity contribution in [3.05, 3.63) is 81.0 Å². The maximum absolute atomic E-state index is 13.1. The Kier molecular flexibility index (Phi) is 5.15. The van der Waals surface area contributed by atoms with Gasteiger partial charge in [0.25, 0.3) is 5.91 Å². The van der Waals surface area contributed by atoms with Gasteiger partial charge < -0.3 is 10.3 Å². The molecule has 142 valence electrons. The number of H-pyrrole nitrogens is 1. The van der Waals surface area contributed by atoms with E-state index in [0.717, 1.165) is 21.5 Å². The number of carbonyl (C=O) groups is 1. The number of hydrogen-bond donors (Lipinski definition) is 2. The van der Waals surface area contributed by atoms with E-state index in [0.29, 0.717) is 16.0 Å². The van der Waals surface area contributed by atoms with E-state index in [-0.39, 0.29) is 11.8 Å². The van der Waals surface area contributed by atoms with Crippen molar-refractivity contribution in [1.82, 2.24) is 20.3 Å². The Morgan fingerprint density at radius 1 is 1.07 bits per heavy atom. The minimum Gasteiger partial charge on any atom is -0.340 e. The molecule has 1 atom stereocenters. The molecule has 0 aliphatic carbocycles. The predicted molar refractivity (Wildman–Crippen MR) is 113 cm³/mol. The summed E-state index contributed by atoms with van der Waals surface area (Å²) in [6, 6.07) is 17.1.